The Balaban J connectivity index is 1.15. The number of aliphatic imine (C=N–C) groups is 1. The molecule has 0 amide bonds. The highest BCUT2D eigenvalue weighted by molar-refractivity contribution is 7.27. The Bertz CT molecular complexity index is 2980. The highest BCUT2D eigenvalue weighted by atomic mass is 32.1. The number of aromatic nitrogens is 1. The molecule has 1 N–H and O–H groups in total. The van der Waals surface area contributed by atoms with E-state index < -0.39 is 0 Å². The fraction of sp³-hybridized carbons (Fsp3) is 0.0851. The molecule has 3 heterocycles. The Labute approximate surface area is 299 Å². The molecule has 0 fully saturated rings. The minimum Gasteiger partial charge on any atom is -0.362 e. The fourth-order valence-corrected chi connectivity index (χ4v) is 10.1. The topological polar surface area (TPSA) is 29.3 Å². The zero-order valence-corrected chi connectivity index (χ0v) is 28.9. The van der Waals surface area contributed by atoms with Gasteiger partial charge in [-0.3, -0.25) is 0 Å². The molecular formula is C47H33N3S. The molecule has 0 spiro atoms. The van der Waals surface area contributed by atoms with Crippen LogP contribution in [0.3, 0.4) is 0 Å². The number of nitrogens with zero attached hydrogens (tertiary/aromatic N) is 2. The van der Waals surface area contributed by atoms with Crippen molar-refractivity contribution in [1.29, 1.82) is 0 Å². The number of benzene rings is 7. The lowest BCUT2D eigenvalue weighted by Crippen LogP contribution is -2.39. The summed E-state index contributed by atoms with van der Waals surface area (Å²) in [6.45, 7) is 2.34. The van der Waals surface area contributed by atoms with Crippen molar-refractivity contribution in [1.82, 2.24) is 9.88 Å². The minimum atomic E-state index is 0.0565. The summed E-state index contributed by atoms with van der Waals surface area (Å²) in [4.78, 5) is 5.24. The maximum Gasteiger partial charge on any atom is 0.111 e. The zero-order chi connectivity index (χ0) is 33.6. The molecule has 3 atom stereocenters. The van der Waals surface area contributed by atoms with Gasteiger partial charge in [-0.05, 0) is 57.3 Å². The van der Waals surface area contributed by atoms with Gasteiger partial charge in [0.05, 0.1) is 27.5 Å². The summed E-state index contributed by atoms with van der Waals surface area (Å²) in [5.41, 5.74) is 7.25. The lowest BCUT2D eigenvalue weighted by molar-refractivity contribution is 0.596. The first-order valence-corrected chi connectivity index (χ1v) is 18.6. The molecule has 1 aliphatic carbocycles. The van der Waals surface area contributed by atoms with E-state index in [4.69, 9.17) is 4.99 Å². The van der Waals surface area contributed by atoms with Gasteiger partial charge in [0.1, 0.15) is 5.84 Å². The Morgan fingerprint density at radius 3 is 2.20 bits per heavy atom. The summed E-state index contributed by atoms with van der Waals surface area (Å²) in [5, 5.41) is 14.4. The average molecular weight is 672 g/mol. The van der Waals surface area contributed by atoms with Gasteiger partial charge in [0.2, 0.25) is 0 Å². The number of amidine groups is 1. The van der Waals surface area contributed by atoms with Crippen LogP contribution in [0.4, 0.5) is 5.69 Å². The molecule has 2 aromatic heterocycles. The molecular weight excluding hydrogens is 639 g/mol. The third kappa shape index (κ3) is 4.20. The summed E-state index contributed by atoms with van der Waals surface area (Å²) in [6.07, 6.45) is 7.19. The SMILES string of the molecule is CC1C=C(n2c3ccc4ccccc4c3c3c4ccccc4c4c5ccccc5sc4c32)C=CC1C1=Nc2ccccc2C(c2ccccc2)N1. The van der Waals surface area contributed by atoms with E-state index >= 15 is 0 Å². The van der Waals surface area contributed by atoms with E-state index in [0.717, 1.165) is 11.5 Å². The van der Waals surface area contributed by atoms with Gasteiger partial charge in [-0.2, -0.15) is 0 Å². The number of thiophene rings is 1. The van der Waals surface area contributed by atoms with Crippen LogP contribution in [-0.4, -0.2) is 10.4 Å². The molecule has 51 heavy (non-hydrogen) atoms. The Morgan fingerprint density at radius 2 is 1.35 bits per heavy atom. The van der Waals surface area contributed by atoms with Crippen molar-refractivity contribution in [2.45, 2.75) is 13.0 Å². The number of hydrogen-bond donors (Lipinski definition) is 1. The van der Waals surface area contributed by atoms with E-state index in [-0.39, 0.29) is 17.9 Å². The fourth-order valence-electron chi connectivity index (χ4n) is 8.80. The third-order valence-electron chi connectivity index (χ3n) is 11.1. The Morgan fingerprint density at radius 1 is 0.647 bits per heavy atom. The predicted molar refractivity (Wildman–Crippen MR) is 218 cm³/mol. The maximum atomic E-state index is 5.24. The third-order valence-corrected chi connectivity index (χ3v) is 12.3. The molecule has 3 unspecified atom stereocenters. The quantitative estimate of drug-likeness (QED) is 0.199. The van der Waals surface area contributed by atoms with Crippen molar-refractivity contribution in [3.8, 4) is 0 Å². The van der Waals surface area contributed by atoms with Gasteiger partial charge in [-0.1, -0.05) is 140 Å². The Hall–Kier alpha value is -5.97. The van der Waals surface area contributed by atoms with Gasteiger partial charge in [0.25, 0.3) is 0 Å². The van der Waals surface area contributed by atoms with Gasteiger partial charge in [-0.15, -0.1) is 11.3 Å². The van der Waals surface area contributed by atoms with Gasteiger partial charge in [0, 0.05) is 43.4 Å². The number of hydrogen-bond acceptors (Lipinski definition) is 3. The van der Waals surface area contributed by atoms with E-state index in [2.05, 4.69) is 175 Å². The molecule has 9 aromatic rings. The van der Waals surface area contributed by atoms with Crippen molar-refractivity contribution in [3.05, 3.63) is 169 Å². The van der Waals surface area contributed by atoms with Crippen LogP contribution in [0.5, 0.6) is 0 Å². The van der Waals surface area contributed by atoms with Crippen molar-refractivity contribution < 1.29 is 0 Å². The molecule has 0 saturated carbocycles. The second-order valence-corrected chi connectivity index (χ2v) is 15.0. The van der Waals surface area contributed by atoms with E-state index in [9.17, 15) is 0 Å². The second-order valence-electron chi connectivity index (χ2n) is 14.0. The molecule has 0 saturated heterocycles. The first-order valence-electron chi connectivity index (χ1n) is 17.8. The highest BCUT2D eigenvalue weighted by Gasteiger charge is 2.31. The van der Waals surface area contributed by atoms with Crippen molar-refractivity contribution >= 4 is 92.1 Å². The van der Waals surface area contributed by atoms with Crippen LogP contribution in [-0.2, 0) is 0 Å². The second kappa shape index (κ2) is 11.0. The first kappa shape index (κ1) is 28.8. The lowest BCUT2D eigenvalue weighted by Gasteiger charge is -2.33. The Kier molecular flexibility index (Phi) is 6.23. The van der Waals surface area contributed by atoms with Crippen LogP contribution in [0.1, 0.15) is 24.1 Å². The number of para-hydroxylation sites is 1. The summed E-state index contributed by atoms with van der Waals surface area (Å²) in [6, 6.07) is 50.8. The van der Waals surface area contributed by atoms with Crippen molar-refractivity contribution in [3.63, 3.8) is 0 Å². The molecule has 3 nitrogen and oxygen atoms in total. The summed E-state index contributed by atoms with van der Waals surface area (Å²) in [5.74, 6) is 1.35. The van der Waals surface area contributed by atoms with Crippen molar-refractivity contribution in [2.24, 2.45) is 16.8 Å². The average Bonchev–Trinajstić information content (AvgIpc) is 3.75. The number of fused-ring (bicyclic) bond motifs is 13. The molecule has 0 radical (unpaired) electrons. The van der Waals surface area contributed by atoms with E-state index in [1.54, 1.807) is 0 Å². The van der Waals surface area contributed by atoms with Crippen LogP contribution in [0.25, 0.3) is 69.2 Å². The maximum absolute atomic E-state index is 5.24. The summed E-state index contributed by atoms with van der Waals surface area (Å²) >= 11 is 1.92. The van der Waals surface area contributed by atoms with Crippen LogP contribution < -0.4 is 5.32 Å². The molecule has 1 aliphatic heterocycles. The van der Waals surface area contributed by atoms with Gasteiger partial charge in [0.15, 0.2) is 0 Å². The standard InChI is InChI=1S/C47H33N3S/c1-28-27-31(24-25-32(28)47-48-38-21-11-9-19-36(38)44(49-47)30-14-3-2-4-15-30)50-39-26-23-29-13-5-6-16-33(29)42(39)43-35-18-8-7-17-34(35)41-37-20-10-12-22-40(37)51-46(41)45(43)50/h2-28,32,44H,1H3,(H,48,49). The molecule has 4 heteroatoms. The summed E-state index contributed by atoms with van der Waals surface area (Å²) < 4.78 is 5.22. The van der Waals surface area contributed by atoms with Gasteiger partial charge < -0.3 is 9.88 Å². The molecule has 242 valence electrons. The molecule has 0 bridgehead atoms. The van der Waals surface area contributed by atoms with E-state index in [0.29, 0.717) is 0 Å². The number of allylic oxidation sites excluding steroid dienone is 3. The van der Waals surface area contributed by atoms with Gasteiger partial charge in [-0.25, -0.2) is 4.99 Å². The van der Waals surface area contributed by atoms with Crippen molar-refractivity contribution in [2.75, 3.05) is 0 Å². The highest BCUT2D eigenvalue weighted by Crippen LogP contribution is 2.49. The molecule has 11 rings (SSSR count). The summed E-state index contributed by atoms with van der Waals surface area (Å²) in [7, 11) is 0. The number of rotatable bonds is 3. The predicted octanol–water partition coefficient (Wildman–Crippen LogP) is 12.6. The van der Waals surface area contributed by atoms with Gasteiger partial charge >= 0.3 is 0 Å². The normalized spacial score (nSPS) is 18.8. The van der Waals surface area contributed by atoms with E-state index in [1.165, 1.54) is 80.3 Å². The largest absolute Gasteiger partial charge is 0.362 e. The van der Waals surface area contributed by atoms with Crippen LogP contribution in [0.15, 0.2) is 163 Å². The van der Waals surface area contributed by atoms with E-state index in [1.807, 2.05) is 11.3 Å². The monoisotopic (exact) mass is 671 g/mol. The van der Waals surface area contributed by atoms with Crippen LogP contribution >= 0.6 is 11.3 Å². The van der Waals surface area contributed by atoms with Crippen LogP contribution in [0, 0.1) is 11.8 Å². The zero-order valence-electron chi connectivity index (χ0n) is 28.0. The minimum absolute atomic E-state index is 0.0565. The smallest absolute Gasteiger partial charge is 0.111 e. The molecule has 2 aliphatic rings. The number of nitrogens with one attached hydrogen (secondary N) is 1. The molecule has 7 aromatic carbocycles. The first-order chi connectivity index (χ1) is 25.2. The van der Waals surface area contributed by atoms with Crippen LogP contribution in [0.2, 0.25) is 0 Å². The lowest BCUT2D eigenvalue weighted by atomic mass is 9.85.